The van der Waals surface area contributed by atoms with Gasteiger partial charge in [0.1, 0.15) is 5.69 Å². The predicted molar refractivity (Wildman–Crippen MR) is 60.8 cm³/mol. The number of nitrogens with one attached hydrogen (secondary N) is 1. The summed E-state index contributed by atoms with van der Waals surface area (Å²) >= 11 is 0. The third-order valence-corrected chi connectivity index (χ3v) is 2.83. The zero-order chi connectivity index (χ0) is 12.4. The second-order valence-corrected chi connectivity index (χ2v) is 4.20. The van der Waals surface area contributed by atoms with Gasteiger partial charge in [0.25, 0.3) is 0 Å². The molecule has 1 saturated heterocycles. The Balaban J connectivity index is 2.35. The van der Waals surface area contributed by atoms with Gasteiger partial charge in [-0.05, 0) is 19.1 Å². The Morgan fingerprint density at radius 3 is 2.59 bits per heavy atom. The number of rotatable bonds is 1. The summed E-state index contributed by atoms with van der Waals surface area (Å²) in [5, 5.41) is 11.8. The van der Waals surface area contributed by atoms with E-state index in [-0.39, 0.29) is 17.3 Å². The lowest BCUT2D eigenvalue weighted by atomic mass is 10.1. The SMILES string of the molecule is C[C@@H]1CN(c2c(F)cc(C#N)cc2F)CCN1. The summed E-state index contributed by atoms with van der Waals surface area (Å²) in [5.41, 5.74) is -0.0238. The molecule has 1 fully saturated rings. The summed E-state index contributed by atoms with van der Waals surface area (Å²) in [6.07, 6.45) is 0. The normalized spacial score (nSPS) is 20.1. The van der Waals surface area contributed by atoms with Crippen molar-refractivity contribution in [1.29, 1.82) is 5.26 Å². The van der Waals surface area contributed by atoms with Gasteiger partial charge in [-0.2, -0.15) is 5.26 Å². The van der Waals surface area contributed by atoms with Crippen LogP contribution >= 0.6 is 0 Å². The maximum atomic E-state index is 13.8. The third-order valence-electron chi connectivity index (χ3n) is 2.83. The Kier molecular flexibility index (Phi) is 3.25. The fraction of sp³-hybridized carbons (Fsp3) is 0.417. The highest BCUT2D eigenvalue weighted by atomic mass is 19.1. The summed E-state index contributed by atoms with van der Waals surface area (Å²) < 4.78 is 27.5. The molecule has 1 aromatic carbocycles. The molecule has 1 aliphatic heterocycles. The van der Waals surface area contributed by atoms with Crippen LogP contribution in [-0.4, -0.2) is 25.7 Å². The molecule has 0 saturated carbocycles. The monoisotopic (exact) mass is 237 g/mol. The van der Waals surface area contributed by atoms with Crippen LogP contribution in [0.15, 0.2) is 12.1 Å². The average Bonchev–Trinajstić information content (AvgIpc) is 2.28. The molecule has 17 heavy (non-hydrogen) atoms. The molecule has 90 valence electrons. The van der Waals surface area contributed by atoms with Crippen molar-refractivity contribution in [3.63, 3.8) is 0 Å². The van der Waals surface area contributed by atoms with Crippen molar-refractivity contribution in [1.82, 2.24) is 5.32 Å². The van der Waals surface area contributed by atoms with Crippen LogP contribution in [0.5, 0.6) is 0 Å². The van der Waals surface area contributed by atoms with E-state index in [0.29, 0.717) is 19.6 Å². The van der Waals surface area contributed by atoms with Crippen LogP contribution in [0, 0.1) is 23.0 Å². The first-order valence-electron chi connectivity index (χ1n) is 5.49. The van der Waals surface area contributed by atoms with Crippen molar-refractivity contribution in [2.45, 2.75) is 13.0 Å². The third kappa shape index (κ3) is 2.37. The minimum absolute atomic E-state index is 0.00642. The van der Waals surface area contributed by atoms with Crippen LogP contribution in [0.1, 0.15) is 12.5 Å². The van der Waals surface area contributed by atoms with Gasteiger partial charge in [0.15, 0.2) is 11.6 Å². The molecule has 1 aromatic rings. The molecular weight excluding hydrogens is 224 g/mol. The van der Waals surface area contributed by atoms with Crippen LogP contribution in [-0.2, 0) is 0 Å². The average molecular weight is 237 g/mol. The van der Waals surface area contributed by atoms with E-state index in [4.69, 9.17) is 5.26 Å². The molecule has 2 rings (SSSR count). The van der Waals surface area contributed by atoms with Gasteiger partial charge in [-0.3, -0.25) is 0 Å². The van der Waals surface area contributed by atoms with Crippen LogP contribution in [0.3, 0.4) is 0 Å². The molecular formula is C12H13F2N3. The predicted octanol–water partition coefficient (Wildman–Crippen LogP) is 1.63. The van der Waals surface area contributed by atoms with Crippen molar-refractivity contribution in [3.8, 4) is 6.07 Å². The Bertz CT molecular complexity index is 444. The van der Waals surface area contributed by atoms with Crippen LogP contribution in [0.4, 0.5) is 14.5 Å². The van der Waals surface area contributed by atoms with Gasteiger partial charge in [-0.1, -0.05) is 0 Å². The minimum Gasteiger partial charge on any atom is -0.364 e. The van der Waals surface area contributed by atoms with E-state index in [9.17, 15) is 8.78 Å². The highest BCUT2D eigenvalue weighted by Crippen LogP contribution is 2.25. The lowest BCUT2D eigenvalue weighted by Gasteiger charge is -2.33. The summed E-state index contributed by atoms with van der Waals surface area (Å²) in [6.45, 7) is 3.77. The van der Waals surface area contributed by atoms with E-state index >= 15 is 0 Å². The van der Waals surface area contributed by atoms with Crippen molar-refractivity contribution in [2.24, 2.45) is 0 Å². The van der Waals surface area contributed by atoms with Gasteiger partial charge in [0.2, 0.25) is 0 Å². The zero-order valence-corrected chi connectivity index (χ0v) is 9.50. The highest BCUT2D eigenvalue weighted by molar-refractivity contribution is 5.53. The van der Waals surface area contributed by atoms with Crippen molar-refractivity contribution in [2.75, 3.05) is 24.5 Å². The van der Waals surface area contributed by atoms with Crippen LogP contribution in [0.25, 0.3) is 0 Å². The van der Waals surface area contributed by atoms with Gasteiger partial charge in [-0.15, -0.1) is 0 Å². The van der Waals surface area contributed by atoms with Crippen molar-refractivity contribution < 1.29 is 8.78 Å². The molecule has 0 radical (unpaired) electrons. The fourth-order valence-electron chi connectivity index (χ4n) is 2.07. The van der Waals surface area contributed by atoms with Gasteiger partial charge in [0.05, 0.1) is 11.6 Å². The topological polar surface area (TPSA) is 39.1 Å². The number of nitrogens with zero attached hydrogens (tertiary/aromatic N) is 2. The summed E-state index contributed by atoms with van der Waals surface area (Å²) in [7, 11) is 0. The van der Waals surface area contributed by atoms with E-state index in [1.165, 1.54) is 0 Å². The first-order chi connectivity index (χ1) is 8.11. The second-order valence-electron chi connectivity index (χ2n) is 4.20. The van der Waals surface area contributed by atoms with E-state index in [1.807, 2.05) is 6.92 Å². The van der Waals surface area contributed by atoms with Gasteiger partial charge in [-0.25, -0.2) is 8.78 Å². The van der Waals surface area contributed by atoms with Gasteiger partial charge in [0, 0.05) is 25.7 Å². The Morgan fingerprint density at radius 1 is 1.41 bits per heavy atom. The zero-order valence-electron chi connectivity index (χ0n) is 9.50. The summed E-state index contributed by atoms with van der Waals surface area (Å²) in [4.78, 5) is 1.67. The maximum Gasteiger partial charge on any atom is 0.150 e. The molecule has 0 amide bonds. The first kappa shape index (κ1) is 11.8. The van der Waals surface area contributed by atoms with Gasteiger partial charge >= 0.3 is 0 Å². The molecule has 0 aliphatic carbocycles. The Hall–Kier alpha value is -1.67. The van der Waals surface area contributed by atoms with Crippen molar-refractivity contribution >= 4 is 5.69 Å². The fourth-order valence-corrected chi connectivity index (χ4v) is 2.07. The standard InChI is InChI=1S/C12H13F2N3/c1-8-7-17(3-2-16-8)12-10(13)4-9(6-15)5-11(12)14/h4-5,8,16H,2-3,7H2,1H3/t8-/m1/s1. The maximum absolute atomic E-state index is 13.8. The lowest BCUT2D eigenvalue weighted by Crippen LogP contribution is -2.49. The van der Waals surface area contributed by atoms with E-state index in [2.05, 4.69) is 5.32 Å². The summed E-state index contributed by atoms with van der Waals surface area (Å²) in [6, 6.07) is 4.08. The number of hydrogen-bond donors (Lipinski definition) is 1. The molecule has 0 unspecified atom stereocenters. The number of nitriles is 1. The Labute approximate surface area is 98.6 Å². The quantitative estimate of drug-likeness (QED) is 0.807. The van der Waals surface area contributed by atoms with E-state index in [1.54, 1.807) is 11.0 Å². The second kappa shape index (κ2) is 4.68. The summed E-state index contributed by atoms with van der Waals surface area (Å²) in [5.74, 6) is -1.34. The molecule has 1 aliphatic rings. The lowest BCUT2D eigenvalue weighted by molar-refractivity contribution is 0.470. The molecule has 1 atom stereocenters. The number of piperazine rings is 1. The number of benzene rings is 1. The molecule has 3 nitrogen and oxygen atoms in total. The number of anilines is 1. The minimum atomic E-state index is -0.671. The first-order valence-corrected chi connectivity index (χ1v) is 5.49. The molecule has 0 aromatic heterocycles. The van der Waals surface area contributed by atoms with Gasteiger partial charge < -0.3 is 10.2 Å². The van der Waals surface area contributed by atoms with Crippen LogP contribution < -0.4 is 10.2 Å². The molecule has 0 spiro atoms. The molecule has 1 N–H and O–H groups in total. The molecule has 0 bridgehead atoms. The van der Waals surface area contributed by atoms with E-state index < -0.39 is 11.6 Å². The smallest absolute Gasteiger partial charge is 0.150 e. The number of hydrogen-bond acceptors (Lipinski definition) is 3. The largest absolute Gasteiger partial charge is 0.364 e. The van der Waals surface area contributed by atoms with Crippen molar-refractivity contribution in [3.05, 3.63) is 29.3 Å². The molecule has 1 heterocycles. The van der Waals surface area contributed by atoms with Crippen LogP contribution in [0.2, 0.25) is 0 Å². The Morgan fingerprint density at radius 2 is 2.06 bits per heavy atom. The molecule has 5 heteroatoms. The van der Waals surface area contributed by atoms with E-state index in [0.717, 1.165) is 12.1 Å². The number of halogens is 2. The highest BCUT2D eigenvalue weighted by Gasteiger charge is 2.22.